The number of benzene rings is 1. The van der Waals surface area contributed by atoms with E-state index in [0.29, 0.717) is 11.7 Å². The Kier molecular flexibility index (Phi) is 5.27. The molecule has 0 saturated carbocycles. The second-order valence-corrected chi connectivity index (χ2v) is 6.08. The lowest BCUT2D eigenvalue weighted by Crippen LogP contribution is -2.46. The van der Waals surface area contributed by atoms with E-state index in [1.165, 1.54) is 0 Å². The average Bonchev–Trinajstić information content (AvgIpc) is 3.03. The van der Waals surface area contributed by atoms with Gasteiger partial charge < -0.3 is 9.26 Å². The Bertz CT molecular complexity index is 698. The number of nitrogens with zero attached hydrogens (tertiary/aromatic N) is 4. The molecule has 1 aromatic heterocycles. The van der Waals surface area contributed by atoms with Crippen LogP contribution < -0.4 is 4.74 Å². The second-order valence-electron chi connectivity index (χ2n) is 6.08. The van der Waals surface area contributed by atoms with E-state index < -0.39 is 0 Å². The van der Waals surface area contributed by atoms with E-state index in [1.807, 2.05) is 25.1 Å². The molecule has 0 N–H and O–H groups in total. The Balaban J connectivity index is 1.62. The predicted octanol–water partition coefficient (Wildman–Crippen LogP) is 2.39. The summed E-state index contributed by atoms with van der Waals surface area (Å²) in [6, 6.07) is 8.19. The first-order valence-corrected chi connectivity index (χ1v) is 8.19. The number of aryl methyl sites for hydroxylation is 1. The Morgan fingerprint density at radius 2 is 2.17 bits per heavy atom. The highest BCUT2D eigenvalue weighted by Crippen LogP contribution is 2.23. The standard InChI is InChI=1S/C18H24N4O2/c1-14-19-18(24-20-14)16-13-22(12-11-21(16)2)10-6-8-15-7-4-5-9-17(15)23-3/h4-9,16H,10-13H2,1-3H3/b8-6+. The third-order valence-corrected chi connectivity index (χ3v) is 4.36. The maximum Gasteiger partial charge on any atom is 0.245 e. The number of aromatic nitrogens is 2. The summed E-state index contributed by atoms with van der Waals surface area (Å²) in [5.41, 5.74) is 1.10. The minimum absolute atomic E-state index is 0.152. The second kappa shape index (κ2) is 7.59. The van der Waals surface area contributed by atoms with E-state index in [1.54, 1.807) is 7.11 Å². The molecule has 1 atom stereocenters. The minimum Gasteiger partial charge on any atom is -0.496 e. The summed E-state index contributed by atoms with van der Waals surface area (Å²) in [5, 5.41) is 3.91. The van der Waals surface area contributed by atoms with Crippen LogP contribution in [0.1, 0.15) is 23.3 Å². The van der Waals surface area contributed by atoms with Crippen molar-refractivity contribution in [1.82, 2.24) is 19.9 Å². The fraction of sp³-hybridized carbons (Fsp3) is 0.444. The summed E-state index contributed by atoms with van der Waals surface area (Å²) >= 11 is 0. The first kappa shape index (κ1) is 16.7. The molecular formula is C18H24N4O2. The lowest BCUT2D eigenvalue weighted by molar-refractivity contribution is 0.0833. The van der Waals surface area contributed by atoms with Crippen molar-refractivity contribution in [3.05, 3.63) is 47.6 Å². The monoisotopic (exact) mass is 328 g/mol. The maximum absolute atomic E-state index is 5.38. The first-order chi connectivity index (χ1) is 11.7. The van der Waals surface area contributed by atoms with Crippen LogP contribution in [0, 0.1) is 6.92 Å². The average molecular weight is 328 g/mol. The molecule has 1 saturated heterocycles. The maximum atomic E-state index is 5.38. The van der Waals surface area contributed by atoms with Crippen molar-refractivity contribution in [2.24, 2.45) is 0 Å². The topological polar surface area (TPSA) is 54.6 Å². The number of piperazine rings is 1. The molecule has 128 valence electrons. The third-order valence-electron chi connectivity index (χ3n) is 4.36. The van der Waals surface area contributed by atoms with Gasteiger partial charge in [0.1, 0.15) is 11.8 Å². The van der Waals surface area contributed by atoms with Crippen LogP contribution in [0.25, 0.3) is 6.08 Å². The smallest absolute Gasteiger partial charge is 0.245 e. The lowest BCUT2D eigenvalue weighted by atomic mass is 10.1. The highest BCUT2D eigenvalue weighted by molar-refractivity contribution is 5.57. The van der Waals surface area contributed by atoms with Crippen molar-refractivity contribution in [2.45, 2.75) is 13.0 Å². The molecule has 24 heavy (non-hydrogen) atoms. The summed E-state index contributed by atoms with van der Waals surface area (Å²) in [4.78, 5) is 9.06. The summed E-state index contributed by atoms with van der Waals surface area (Å²) in [7, 11) is 3.80. The fourth-order valence-electron chi connectivity index (χ4n) is 2.94. The molecule has 2 heterocycles. The molecule has 1 aromatic carbocycles. The van der Waals surface area contributed by atoms with Gasteiger partial charge in [0.05, 0.1) is 7.11 Å². The number of hydrogen-bond donors (Lipinski definition) is 0. The molecule has 1 aliphatic rings. The summed E-state index contributed by atoms with van der Waals surface area (Å²) < 4.78 is 10.7. The van der Waals surface area contributed by atoms with Crippen LogP contribution >= 0.6 is 0 Å². The Morgan fingerprint density at radius 3 is 2.92 bits per heavy atom. The quantitative estimate of drug-likeness (QED) is 0.840. The van der Waals surface area contributed by atoms with Gasteiger partial charge in [-0.3, -0.25) is 9.80 Å². The minimum atomic E-state index is 0.152. The van der Waals surface area contributed by atoms with Crippen molar-refractivity contribution in [2.75, 3.05) is 40.3 Å². The van der Waals surface area contributed by atoms with Gasteiger partial charge in [-0.15, -0.1) is 0 Å². The Labute approximate surface area is 142 Å². The van der Waals surface area contributed by atoms with Crippen LogP contribution in [0.4, 0.5) is 0 Å². The number of methoxy groups -OCH3 is 1. The summed E-state index contributed by atoms with van der Waals surface area (Å²) in [6.07, 6.45) is 4.29. The number of para-hydroxylation sites is 1. The molecule has 1 fully saturated rings. The third kappa shape index (κ3) is 3.83. The van der Waals surface area contributed by atoms with Crippen molar-refractivity contribution >= 4 is 6.08 Å². The molecular weight excluding hydrogens is 304 g/mol. The normalized spacial score (nSPS) is 19.9. The van der Waals surface area contributed by atoms with E-state index in [9.17, 15) is 0 Å². The zero-order valence-electron chi connectivity index (χ0n) is 14.5. The van der Waals surface area contributed by atoms with Crippen LogP contribution in [0.3, 0.4) is 0 Å². The van der Waals surface area contributed by atoms with E-state index in [4.69, 9.17) is 9.26 Å². The number of likely N-dealkylation sites (N-methyl/N-ethyl adjacent to an activating group) is 1. The van der Waals surface area contributed by atoms with E-state index in [0.717, 1.165) is 37.5 Å². The van der Waals surface area contributed by atoms with Gasteiger partial charge in [0, 0.05) is 31.7 Å². The predicted molar refractivity (Wildman–Crippen MR) is 92.9 cm³/mol. The number of ether oxygens (including phenoxy) is 1. The fourth-order valence-corrected chi connectivity index (χ4v) is 2.94. The van der Waals surface area contributed by atoms with Gasteiger partial charge in [0.2, 0.25) is 5.89 Å². The lowest BCUT2D eigenvalue weighted by Gasteiger charge is -2.37. The molecule has 2 aromatic rings. The molecule has 0 bridgehead atoms. The van der Waals surface area contributed by atoms with E-state index in [-0.39, 0.29) is 6.04 Å². The van der Waals surface area contributed by atoms with Gasteiger partial charge in [0.15, 0.2) is 5.82 Å². The molecule has 3 rings (SSSR count). The van der Waals surface area contributed by atoms with Crippen LogP contribution in [0.15, 0.2) is 34.9 Å². The van der Waals surface area contributed by atoms with Gasteiger partial charge in [-0.25, -0.2) is 0 Å². The number of hydrogen-bond acceptors (Lipinski definition) is 6. The van der Waals surface area contributed by atoms with Crippen molar-refractivity contribution in [3.63, 3.8) is 0 Å². The Hall–Kier alpha value is -2.18. The van der Waals surface area contributed by atoms with Gasteiger partial charge in [-0.05, 0) is 20.0 Å². The number of rotatable bonds is 5. The van der Waals surface area contributed by atoms with Crippen molar-refractivity contribution in [3.8, 4) is 5.75 Å². The molecule has 6 heteroatoms. The molecule has 1 unspecified atom stereocenters. The van der Waals surface area contributed by atoms with Crippen LogP contribution in [-0.2, 0) is 0 Å². The van der Waals surface area contributed by atoms with Crippen molar-refractivity contribution in [1.29, 1.82) is 0 Å². The molecule has 0 aliphatic carbocycles. The highest BCUT2D eigenvalue weighted by atomic mass is 16.5. The van der Waals surface area contributed by atoms with Gasteiger partial charge in [0.25, 0.3) is 0 Å². The van der Waals surface area contributed by atoms with Gasteiger partial charge >= 0.3 is 0 Å². The SMILES string of the molecule is COc1ccccc1/C=C/CN1CCN(C)C(c2nc(C)no2)C1. The zero-order valence-corrected chi connectivity index (χ0v) is 14.5. The van der Waals surface area contributed by atoms with Crippen LogP contribution in [-0.4, -0.2) is 60.3 Å². The Morgan fingerprint density at radius 1 is 1.33 bits per heavy atom. The first-order valence-electron chi connectivity index (χ1n) is 8.19. The molecule has 0 radical (unpaired) electrons. The highest BCUT2D eigenvalue weighted by Gasteiger charge is 2.29. The van der Waals surface area contributed by atoms with Gasteiger partial charge in [-0.1, -0.05) is 35.5 Å². The molecule has 6 nitrogen and oxygen atoms in total. The molecule has 0 spiro atoms. The van der Waals surface area contributed by atoms with E-state index in [2.05, 4.69) is 45.2 Å². The van der Waals surface area contributed by atoms with E-state index >= 15 is 0 Å². The van der Waals surface area contributed by atoms with Crippen LogP contribution in [0.2, 0.25) is 0 Å². The zero-order chi connectivity index (χ0) is 16.9. The summed E-state index contributed by atoms with van der Waals surface area (Å²) in [5.74, 6) is 2.28. The van der Waals surface area contributed by atoms with Gasteiger partial charge in [-0.2, -0.15) is 4.98 Å². The van der Waals surface area contributed by atoms with Crippen molar-refractivity contribution < 1.29 is 9.26 Å². The molecule has 1 aliphatic heterocycles. The summed E-state index contributed by atoms with van der Waals surface area (Å²) in [6.45, 7) is 5.62. The van der Waals surface area contributed by atoms with Crippen LogP contribution in [0.5, 0.6) is 5.75 Å². The largest absolute Gasteiger partial charge is 0.496 e. The molecule has 0 amide bonds.